The molecule has 0 bridgehead atoms. The molecule has 1 aliphatic heterocycles. The molecule has 3 N–H and O–H groups in total. The van der Waals surface area contributed by atoms with Crippen molar-refractivity contribution in [1.29, 1.82) is 0 Å². The maximum absolute atomic E-state index is 13.1. The molecule has 7 nitrogen and oxygen atoms in total. The fourth-order valence-corrected chi connectivity index (χ4v) is 5.49. The van der Waals surface area contributed by atoms with Crippen LogP contribution in [0.2, 0.25) is 0 Å². The number of aliphatic hydroxyl groups is 2. The third-order valence-corrected chi connectivity index (χ3v) is 7.01. The minimum atomic E-state index is -0.944. The van der Waals surface area contributed by atoms with Crippen LogP contribution in [0.4, 0.5) is 0 Å². The number of ether oxygens (including phenoxy) is 1. The Balaban J connectivity index is 1.75. The van der Waals surface area contributed by atoms with Crippen LogP contribution >= 0.6 is 0 Å². The molecule has 0 saturated heterocycles. The van der Waals surface area contributed by atoms with Gasteiger partial charge in [0.1, 0.15) is 18.0 Å². The van der Waals surface area contributed by atoms with Crippen LogP contribution in [0.3, 0.4) is 0 Å². The van der Waals surface area contributed by atoms with Gasteiger partial charge in [0.25, 0.3) is 0 Å². The molecular formula is C25H34N2O5. The van der Waals surface area contributed by atoms with E-state index in [-0.39, 0.29) is 31.0 Å². The number of nitrogens with one attached hydrogen (secondary N) is 1. The van der Waals surface area contributed by atoms with E-state index in [9.17, 15) is 19.8 Å². The number of amides is 2. The summed E-state index contributed by atoms with van der Waals surface area (Å²) in [6.45, 7) is 1.82. The Kier molecular flexibility index (Phi) is 7.16. The lowest BCUT2D eigenvalue weighted by atomic mass is 9.77. The largest absolute Gasteiger partial charge is 0.486 e. The van der Waals surface area contributed by atoms with Gasteiger partial charge in [-0.05, 0) is 25.0 Å². The molecule has 1 aromatic carbocycles. The molecule has 4 atom stereocenters. The van der Waals surface area contributed by atoms with E-state index in [1.807, 2.05) is 36.1 Å². The molecule has 174 valence electrons. The second kappa shape index (κ2) is 10.0. The van der Waals surface area contributed by atoms with Gasteiger partial charge < -0.3 is 25.2 Å². The Hall–Kier alpha value is -2.38. The average Bonchev–Trinajstić information content (AvgIpc) is 3.00. The highest BCUT2D eigenvalue weighted by Crippen LogP contribution is 2.47. The Labute approximate surface area is 189 Å². The van der Waals surface area contributed by atoms with Crippen molar-refractivity contribution in [2.24, 2.45) is 0 Å². The quantitative estimate of drug-likeness (QED) is 0.587. The summed E-state index contributed by atoms with van der Waals surface area (Å²) in [6, 6.07) is 6.94. The van der Waals surface area contributed by atoms with Crippen LogP contribution in [0.5, 0.6) is 5.75 Å². The topological polar surface area (TPSA) is 99.1 Å². The van der Waals surface area contributed by atoms with E-state index in [0.717, 1.165) is 44.1 Å². The third-order valence-electron chi connectivity index (χ3n) is 7.01. The Morgan fingerprint density at radius 1 is 1.16 bits per heavy atom. The van der Waals surface area contributed by atoms with Gasteiger partial charge in [-0.25, -0.2) is 0 Å². The molecule has 32 heavy (non-hydrogen) atoms. The molecule has 4 rings (SSSR count). The number of para-hydroxylation sites is 1. The van der Waals surface area contributed by atoms with Crippen molar-refractivity contribution >= 4 is 11.8 Å². The summed E-state index contributed by atoms with van der Waals surface area (Å²) in [5.74, 6) is -0.0629. The summed E-state index contributed by atoms with van der Waals surface area (Å²) in [7, 11) is 0. The van der Waals surface area contributed by atoms with Crippen molar-refractivity contribution in [1.82, 2.24) is 10.2 Å². The molecule has 4 unspecified atom stereocenters. The van der Waals surface area contributed by atoms with Gasteiger partial charge >= 0.3 is 0 Å². The van der Waals surface area contributed by atoms with Crippen molar-refractivity contribution in [3.05, 3.63) is 41.5 Å². The second-order valence-electron chi connectivity index (χ2n) is 8.98. The number of hydrogen-bond donors (Lipinski definition) is 3. The van der Waals surface area contributed by atoms with Gasteiger partial charge in [0.2, 0.25) is 11.8 Å². The third kappa shape index (κ3) is 4.28. The molecular weight excluding hydrogens is 408 g/mol. The average molecular weight is 443 g/mol. The van der Waals surface area contributed by atoms with E-state index in [2.05, 4.69) is 5.32 Å². The molecule has 2 aliphatic carbocycles. The highest BCUT2D eigenvalue weighted by Gasteiger charge is 2.51. The number of nitrogens with zero attached hydrogens (tertiary/aromatic N) is 1. The van der Waals surface area contributed by atoms with Crippen molar-refractivity contribution in [2.75, 3.05) is 13.2 Å². The van der Waals surface area contributed by atoms with E-state index >= 15 is 0 Å². The SMILES string of the molecule is CCC(=O)N(C1CCCCCC1)C1C=C(C(=O)NCCO)C2c3ccccc3OC2C1O. The molecule has 1 saturated carbocycles. The first-order valence-electron chi connectivity index (χ1n) is 11.9. The fourth-order valence-electron chi connectivity index (χ4n) is 5.49. The Morgan fingerprint density at radius 2 is 1.88 bits per heavy atom. The zero-order valence-electron chi connectivity index (χ0n) is 18.7. The predicted octanol–water partition coefficient (Wildman–Crippen LogP) is 2.27. The minimum Gasteiger partial charge on any atom is -0.486 e. The van der Waals surface area contributed by atoms with Crippen molar-refractivity contribution in [3.63, 3.8) is 0 Å². The van der Waals surface area contributed by atoms with E-state index in [4.69, 9.17) is 4.74 Å². The predicted molar refractivity (Wildman–Crippen MR) is 120 cm³/mol. The molecule has 1 aromatic rings. The van der Waals surface area contributed by atoms with Crippen LogP contribution in [-0.2, 0) is 9.59 Å². The van der Waals surface area contributed by atoms with Gasteiger partial charge in [-0.1, -0.05) is 50.8 Å². The molecule has 3 aliphatic rings. The van der Waals surface area contributed by atoms with Crippen molar-refractivity contribution < 1.29 is 24.5 Å². The van der Waals surface area contributed by atoms with E-state index in [1.165, 1.54) is 0 Å². The first-order valence-corrected chi connectivity index (χ1v) is 11.9. The number of carbonyl (C=O) groups is 2. The zero-order chi connectivity index (χ0) is 22.7. The van der Waals surface area contributed by atoms with Crippen LogP contribution in [0, 0.1) is 0 Å². The number of carbonyl (C=O) groups excluding carboxylic acids is 2. The van der Waals surface area contributed by atoms with Crippen molar-refractivity contribution in [2.45, 2.75) is 82.1 Å². The van der Waals surface area contributed by atoms with Gasteiger partial charge in [0, 0.05) is 30.1 Å². The molecule has 0 spiro atoms. The van der Waals surface area contributed by atoms with Crippen LogP contribution < -0.4 is 10.1 Å². The van der Waals surface area contributed by atoms with Crippen LogP contribution in [0.1, 0.15) is 63.4 Å². The summed E-state index contributed by atoms with van der Waals surface area (Å²) < 4.78 is 6.16. The number of rotatable bonds is 6. The van der Waals surface area contributed by atoms with Crippen LogP contribution in [0.15, 0.2) is 35.9 Å². The van der Waals surface area contributed by atoms with Gasteiger partial charge in [-0.15, -0.1) is 0 Å². The van der Waals surface area contributed by atoms with Gasteiger partial charge in [-0.2, -0.15) is 0 Å². The lowest BCUT2D eigenvalue weighted by Crippen LogP contribution is -2.58. The highest BCUT2D eigenvalue weighted by molar-refractivity contribution is 5.96. The summed E-state index contributed by atoms with van der Waals surface area (Å²) in [6.07, 6.45) is 6.78. The lowest BCUT2D eigenvalue weighted by molar-refractivity contribution is -0.140. The number of fused-ring (bicyclic) bond motifs is 3. The molecule has 1 heterocycles. The van der Waals surface area contributed by atoms with Crippen LogP contribution in [-0.4, -0.2) is 64.4 Å². The molecule has 7 heteroatoms. The summed E-state index contributed by atoms with van der Waals surface area (Å²) in [5.41, 5.74) is 1.36. The lowest BCUT2D eigenvalue weighted by Gasteiger charge is -2.44. The maximum atomic E-state index is 13.1. The van der Waals surface area contributed by atoms with Crippen molar-refractivity contribution in [3.8, 4) is 5.75 Å². The molecule has 1 fully saturated rings. The smallest absolute Gasteiger partial charge is 0.247 e. The Morgan fingerprint density at radius 3 is 2.56 bits per heavy atom. The second-order valence-corrected chi connectivity index (χ2v) is 8.98. The highest BCUT2D eigenvalue weighted by atomic mass is 16.5. The summed E-state index contributed by atoms with van der Waals surface area (Å²) in [5, 5.41) is 23.4. The fraction of sp³-hybridized carbons (Fsp3) is 0.600. The van der Waals surface area contributed by atoms with Gasteiger partial charge in [-0.3, -0.25) is 9.59 Å². The number of aliphatic hydroxyl groups excluding tert-OH is 2. The number of benzene rings is 1. The zero-order valence-corrected chi connectivity index (χ0v) is 18.7. The maximum Gasteiger partial charge on any atom is 0.247 e. The molecule has 2 amide bonds. The molecule has 0 aromatic heterocycles. The standard InChI is InChI=1S/C25H34N2O5/c1-2-21(29)27(16-9-5-3-4-6-10-16)19-15-18(25(31)26-13-14-28)22-17-11-7-8-12-20(17)32-24(22)23(19)30/h7-8,11-12,15-16,19,22-24,28,30H,2-6,9-10,13-14H2,1H3,(H,26,31). The van der Waals surface area contributed by atoms with Gasteiger partial charge in [0.05, 0.1) is 18.6 Å². The summed E-state index contributed by atoms with van der Waals surface area (Å²) in [4.78, 5) is 28.1. The first kappa shape index (κ1) is 22.8. The minimum absolute atomic E-state index is 0.0127. The van der Waals surface area contributed by atoms with E-state index in [1.54, 1.807) is 6.08 Å². The number of hydrogen-bond acceptors (Lipinski definition) is 5. The van der Waals surface area contributed by atoms with E-state index in [0.29, 0.717) is 17.7 Å². The summed E-state index contributed by atoms with van der Waals surface area (Å²) >= 11 is 0. The monoisotopic (exact) mass is 442 g/mol. The molecule has 0 radical (unpaired) electrons. The van der Waals surface area contributed by atoms with E-state index < -0.39 is 24.2 Å². The normalized spacial score (nSPS) is 27.4. The van der Waals surface area contributed by atoms with Gasteiger partial charge in [0.15, 0.2) is 0 Å². The van der Waals surface area contributed by atoms with Crippen LogP contribution in [0.25, 0.3) is 0 Å². The Bertz CT molecular complexity index is 862. The first-order chi connectivity index (χ1) is 15.6.